The molecule has 4 atom stereocenters. The van der Waals surface area contributed by atoms with Crippen molar-refractivity contribution in [2.75, 3.05) is 0 Å². The molecule has 0 unspecified atom stereocenters. The van der Waals surface area contributed by atoms with Crippen LogP contribution in [-0.4, -0.2) is 39.4 Å². The lowest BCUT2D eigenvalue weighted by atomic mass is 9.92. The van der Waals surface area contributed by atoms with Gasteiger partial charge in [-0.2, -0.15) is 0 Å². The zero-order valence-electron chi connectivity index (χ0n) is 12.9. The summed E-state index contributed by atoms with van der Waals surface area (Å²) in [6, 6.07) is 10.7. The Morgan fingerprint density at radius 3 is 2.43 bits per heavy atom. The topological polar surface area (TPSA) is 82.5 Å². The van der Waals surface area contributed by atoms with Crippen molar-refractivity contribution in [3.63, 3.8) is 0 Å². The van der Waals surface area contributed by atoms with Gasteiger partial charge in [0.1, 0.15) is 6.10 Å². The smallest absolute Gasteiger partial charge is 0.251 e. The first-order valence-corrected chi connectivity index (χ1v) is 7.70. The highest BCUT2D eigenvalue weighted by molar-refractivity contribution is 5.94. The third-order valence-corrected chi connectivity index (χ3v) is 4.44. The Morgan fingerprint density at radius 2 is 1.78 bits per heavy atom. The maximum atomic E-state index is 12.4. The van der Waals surface area contributed by atoms with E-state index in [1.807, 2.05) is 31.2 Å². The molecule has 1 aliphatic rings. The van der Waals surface area contributed by atoms with E-state index in [0.717, 1.165) is 11.1 Å². The number of nitrogens with zero attached hydrogens (tertiary/aromatic N) is 1. The van der Waals surface area contributed by atoms with Gasteiger partial charge in [-0.1, -0.05) is 29.8 Å². The van der Waals surface area contributed by atoms with E-state index in [1.165, 1.54) is 0 Å². The Hall–Kier alpha value is -2.24. The van der Waals surface area contributed by atoms with Crippen molar-refractivity contribution in [1.29, 1.82) is 0 Å². The van der Waals surface area contributed by atoms with Gasteiger partial charge in [0.15, 0.2) is 0 Å². The molecule has 0 radical (unpaired) electrons. The lowest BCUT2D eigenvalue weighted by molar-refractivity contribution is 0.0294. The van der Waals surface area contributed by atoms with Gasteiger partial charge < -0.3 is 15.5 Å². The fourth-order valence-electron chi connectivity index (χ4n) is 3.10. The molecule has 3 rings (SSSR count). The molecule has 0 bridgehead atoms. The second-order valence-corrected chi connectivity index (χ2v) is 6.05. The summed E-state index contributed by atoms with van der Waals surface area (Å²) in [6.45, 7) is 2.00. The molecule has 120 valence electrons. The molecule has 1 aliphatic carbocycles. The summed E-state index contributed by atoms with van der Waals surface area (Å²) in [5.41, 5.74) is 2.63. The molecule has 1 amide bonds. The number of rotatable bonds is 3. The molecule has 0 spiro atoms. The minimum atomic E-state index is -0.980. The molecular formula is C18H20N2O3. The summed E-state index contributed by atoms with van der Waals surface area (Å²) in [4.78, 5) is 16.2. The van der Waals surface area contributed by atoms with E-state index in [-0.39, 0.29) is 11.8 Å². The van der Waals surface area contributed by atoms with Gasteiger partial charge in [-0.15, -0.1) is 0 Å². The van der Waals surface area contributed by atoms with Gasteiger partial charge >= 0.3 is 0 Å². The number of carbonyl (C=O) groups is 1. The average molecular weight is 312 g/mol. The van der Waals surface area contributed by atoms with E-state index in [0.29, 0.717) is 12.0 Å². The molecule has 5 heteroatoms. The van der Waals surface area contributed by atoms with Gasteiger partial charge in [-0.3, -0.25) is 9.78 Å². The first-order chi connectivity index (χ1) is 11.1. The average Bonchev–Trinajstić information content (AvgIpc) is 2.85. The Morgan fingerprint density at radius 1 is 1.13 bits per heavy atom. The summed E-state index contributed by atoms with van der Waals surface area (Å²) in [5.74, 6) is -0.394. The van der Waals surface area contributed by atoms with Gasteiger partial charge in [0.25, 0.3) is 5.91 Å². The molecule has 1 saturated carbocycles. The molecule has 1 fully saturated rings. The molecule has 1 heterocycles. The maximum absolute atomic E-state index is 12.4. The number of hydrogen-bond donors (Lipinski definition) is 3. The number of aliphatic hydroxyl groups is 2. The van der Waals surface area contributed by atoms with Crippen molar-refractivity contribution < 1.29 is 15.0 Å². The van der Waals surface area contributed by atoms with E-state index < -0.39 is 18.2 Å². The predicted molar refractivity (Wildman–Crippen MR) is 86.0 cm³/mol. The fraction of sp³-hybridized carbons (Fsp3) is 0.333. The standard InChI is InChI=1S/C18H20N2O3/c1-11-2-4-12(5-3-11)14-10-15(21)17(22)16(14)20-18(23)13-6-8-19-9-7-13/h2-9,14-17,21-22H,10H2,1H3,(H,20,23)/t14-,15-,16-,17-/m1/s1. The molecule has 23 heavy (non-hydrogen) atoms. The van der Waals surface area contributed by atoms with Crippen LogP contribution in [0.3, 0.4) is 0 Å². The van der Waals surface area contributed by atoms with Crippen LogP contribution in [0.2, 0.25) is 0 Å². The minimum absolute atomic E-state index is 0.119. The summed E-state index contributed by atoms with van der Waals surface area (Å²) in [5, 5.41) is 23.2. The number of aryl methyl sites for hydroxylation is 1. The largest absolute Gasteiger partial charge is 0.390 e. The second kappa shape index (κ2) is 6.48. The van der Waals surface area contributed by atoms with Crippen molar-refractivity contribution in [3.05, 3.63) is 65.5 Å². The van der Waals surface area contributed by atoms with E-state index >= 15 is 0 Å². The minimum Gasteiger partial charge on any atom is -0.390 e. The zero-order valence-corrected chi connectivity index (χ0v) is 12.9. The molecule has 0 aliphatic heterocycles. The summed E-state index contributed by atoms with van der Waals surface area (Å²) >= 11 is 0. The van der Waals surface area contributed by atoms with Crippen LogP contribution in [0.1, 0.15) is 33.8 Å². The van der Waals surface area contributed by atoms with E-state index in [4.69, 9.17) is 0 Å². The summed E-state index contributed by atoms with van der Waals surface area (Å²) in [7, 11) is 0. The van der Waals surface area contributed by atoms with Gasteiger partial charge in [-0.25, -0.2) is 0 Å². The molecule has 1 aromatic carbocycles. The van der Waals surface area contributed by atoms with Crippen molar-refractivity contribution in [3.8, 4) is 0 Å². The van der Waals surface area contributed by atoms with E-state index in [9.17, 15) is 15.0 Å². The monoisotopic (exact) mass is 312 g/mol. The summed E-state index contributed by atoms with van der Waals surface area (Å²) in [6.07, 6.45) is 1.69. The molecular weight excluding hydrogens is 292 g/mol. The lowest BCUT2D eigenvalue weighted by Crippen LogP contribution is -2.45. The third-order valence-electron chi connectivity index (χ3n) is 4.44. The summed E-state index contributed by atoms with van der Waals surface area (Å²) < 4.78 is 0. The first kappa shape index (κ1) is 15.6. The Kier molecular flexibility index (Phi) is 4.41. The van der Waals surface area contributed by atoms with Crippen LogP contribution in [-0.2, 0) is 0 Å². The second-order valence-electron chi connectivity index (χ2n) is 6.05. The van der Waals surface area contributed by atoms with Gasteiger partial charge in [0.05, 0.1) is 12.1 Å². The van der Waals surface area contributed by atoms with Crippen molar-refractivity contribution in [2.45, 2.75) is 37.5 Å². The normalized spacial score (nSPS) is 26.9. The predicted octanol–water partition coefficient (Wildman–Crippen LogP) is 1.40. The zero-order chi connectivity index (χ0) is 16.4. The Labute approximate surface area is 135 Å². The van der Waals surface area contributed by atoms with Crippen LogP contribution in [0.15, 0.2) is 48.8 Å². The van der Waals surface area contributed by atoms with Crippen LogP contribution in [0.5, 0.6) is 0 Å². The number of benzene rings is 1. The van der Waals surface area contributed by atoms with Crippen LogP contribution in [0.25, 0.3) is 0 Å². The third kappa shape index (κ3) is 3.25. The maximum Gasteiger partial charge on any atom is 0.251 e. The highest BCUT2D eigenvalue weighted by Gasteiger charge is 2.43. The Balaban J connectivity index is 1.82. The SMILES string of the molecule is Cc1ccc([C@H]2C[C@@H](O)[C@@H](O)[C@@H]2NC(=O)c2ccncc2)cc1. The van der Waals surface area contributed by atoms with Crippen LogP contribution in [0, 0.1) is 6.92 Å². The highest BCUT2D eigenvalue weighted by Crippen LogP contribution is 2.35. The highest BCUT2D eigenvalue weighted by atomic mass is 16.3. The van der Waals surface area contributed by atoms with Crippen molar-refractivity contribution in [1.82, 2.24) is 10.3 Å². The van der Waals surface area contributed by atoms with Gasteiger partial charge in [0.2, 0.25) is 0 Å². The van der Waals surface area contributed by atoms with Crippen LogP contribution in [0.4, 0.5) is 0 Å². The van der Waals surface area contributed by atoms with Gasteiger partial charge in [0, 0.05) is 23.9 Å². The molecule has 1 aromatic heterocycles. The molecule has 0 saturated heterocycles. The number of nitrogens with one attached hydrogen (secondary N) is 1. The lowest BCUT2D eigenvalue weighted by Gasteiger charge is -2.24. The Bertz CT molecular complexity index is 672. The molecule has 5 nitrogen and oxygen atoms in total. The van der Waals surface area contributed by atoms with Crippen LogP contribution >= 0.6 is 0 Å². The van der Waals surface area contributed by atoms with Crippen molar-refractivity contribution in [2.24, 2.45) is 0 Å². The van der Waals surface area contributed by atoms with E-state index in [1.54, 1.807) is 24.5 Å². The van der Waals surface area contributed by atoms with Crippen molar-refractivity contribution >= 4 is 5.91 Å². The number of amides is 1. The van der Waals surface area contributed by atoms with Crippen LogP contribution < -0.4 is 5.32 Å². The quantitative estimate of drug-likeness (QED) is 0.800. The van der Waals surface area contributed by atoms with E-state index in [2.05, 4.69) is 10.3 Å². The number of hydrogen-bond acceptors (Lipinski definition) is 4. The number of carbonyl (C=O) groups excluding carboxylic acids is 1. The number of aromatic nitrogens is 1. The molecule has 3 N–H and O–H groups in total. The first-order valence-electron chi connectivity index (χ1n) is 7.70. The number of aliphatic hydroxyl groups excluding tert-OH is 2. The van der Waals surface area contributed by atoms with Gasteiger partial charge in [-0.05, 0) is 31.0 Å². The number of pyridine rings is 1. The fourth-order valence-corrected chi connectivity index (χ4v) is 3.10. The molecule has 2 aromatic rings.